The molecular formula is C15H31N3O. The average Bonchev–Trinajstić information content (AvgIpc) is 2.34. The number of carbonyl (C=O) groups is 1. The minimum atomic E-state index is -0.618. The lowest BCUT2D eigenvalue weighted by Gasteiger charge is -2.33. The van der Waals surface area contributed by atoms with E-state index in [1.807, 2.05) is 0 Å². The molecule has 4 nitrogen and oxygen atoms in total. The molecule has 0 spiro atoms. The average molecular weight is 269 g/mol. The van der Waals surface area contributed by atoms with E-state index in [1.54, 1.807) is 0 Å². The topological polar surface area (TPSA) is 58.4 Å². The number of hydrogen-bond donors (Lipinski definition) is 2. The van der Waals surface area contributed by atoms with Crippen LogP contribution in [0.25, 0.3) is 0 Å². The molecule has 0 aromatic carbocycles. The number of rotatable bonds is 6. The Hall–Kier alpha value is -0.610. The van der Waals surface area contributed by atoms with Gasteiger partial charge in [-0.2, -0.15) is 0 Å². The van der Waals surface area contributed by atoms with E-state index < -0.39 is 5.54 Å². The molecule has 1 rings (SSSR count). The zero-order valence-corrected chi connectivity index (χ0v) is 13.0. The molecule has 1 aliphatic carbocycles. The number of hydrogen-bond acceptors (Lipinski definition) is 3. The second-order valence-electron chi connectivity index (χ2n) is 6.67. The Bertz CT molecular complexity index is 283. The summed E-state index contributed by atoms with van der Waals surface area (Å²) in [7, 11) is 4.13. The molecule has 112 valence electrons. The summed E-state index contributed by atoms with van der Waals surface area (Å²) in [6, 6.07) is 0.385. The summed E-state index contributed by atoms with van der Waals surface area (Å²) in [5.74, 6) is 0.675. The van der Waals surface area contributed by atoms with E-state index >= 15 is 0 Å². The summed E-state index contributed by atoms with van der Waals surface area (Å²) >= 11 is 0. The van der Waals surface area contributed by atoms with Gasteiger partial charge in [-0.3, -0.25) is 4.79 Å². The van der Waals surface area contributed by atoms with Crippen molar-refractivity contribution in [2.45, 2.75) is 64.0 Å². The van der Waals surface area contributed by atoms with Crippen LogP contribution in [0.1, 0.15) is 52.4 Å². The largest absolute Gasteiger partial charge is 0.353 e. The Morgan fingerprint density at radius 2 is 1.84 bits per heavy atom. The Kier molecular flexibility index (Phi) is 6.27. The van der Waals surface area contributed by atoms with Crippen molar-refractivity contribution in [1.29, 1.82) is 0 Å². The first-order chi connectivity index (χ1) is 8.85. The van der Waals surface area contributed by atoms with Crippen molar-refractivity contribution in [3.8, 4) is 0 Å². The Balaban J connectivity index is 2.46. The fourth-order valence-electron chi connectivity index (χ4n) is 2.82. The fourth-order valence-corrected chi connectivity index (χ4v) is 2.82. The van der Waals surface area contributed by atoms with Gasteiger partial charge in [0.15, 0.2) is 0 Å². The quantitative estimate of drug-likeness (QED) is 0.772. The van der Waals surface area contributed by atoms with Crippen molar-refractivity contribution in [3.05, 3.63) is 0 Å². The van der Waals surface area contributed by atoms with Gasteiger partial charge in [0.1, 0.15) is 0 Å². The van der Waals surface area contributed by atoms with Gasteiger partial charge in [0.05, 0.1) is 5.54 Å². The standard InChI is InChI=1S/C15H31N3O/c1-12(2)10-13(18(3)4)11-17-14(19)15(16)8-6-5-7-9-15/h12-13H,5-11,16H2,1-4H3,(H,17,19). The lowest BCUT2D eigenvalue weighted by atomic mass is 9.82. The number of amides is 1. The van der Waals surface area contributed by atoms with Gasteiger partial charge in [-0.15, -0.1) is 0 Å². The molecule has 3 N–H and O–H groups in total. The van der Waals surface area contributed by atoms with Crippen LogP contribution in [-0.4, -0.2) is 43.0 Å². The van der Waals surface area contributed by atoms with Gasteiger partial charge < -0.3 is 16.0 Å². The van der Waals surface area contributed by atoms with Crippen LogP contribution < -0.4 is 11.1 Å². The number of carbonyl (C=O) groups excluding carboxylic acids is 1. The molecule has 0 aromatic rings. The first kappa shape index (κ1) is 16.4. The molecule has 0 bridgehead atoms. The van der Waals surface area contributed by atoms with Crippen molar-refractivity contribution in [1.82, 2.24) is 10.2 Å². The molecule has 0 radical (unpaired) electrons. The maximum Gasteiger partial charge on any atom is 0.240 e. The molecule has 0 heterocycles. The third-order valence-electron chi connectivity index (χ3n) is 4.17. The molecule has 1 fully saturated rings. The van der Waals surface area contributed by atoms with E-state index in [-0.39, 0.29) is 5.91 Å². The molecule has 1 aliphatic rings. The third kappa shape index (κ3) is 5.11. The molecule has 0 aliphatic heterocycles. The first-order valence-electron chi connectivity index (χ1n) is 7.59. The summed E-state index contributed by atoms with van der Waals surface area (Å²) < 4.78 is 0. The lowest BCUT2D eigenvalue weighted by molar-refractivity contribution is -0.127. The van der Waals surface area contributed by atoms with Crippen LogP contribution in [0.4, 0.5) is 0 Å². The number of likely N-dealkylation sites (N-methyl/N-ethyl adjacent to an activating group) is 1. The zero-order chi connectivity index (χ0) is 14.5. The summed E-state index contributed by atoms with van der Waals surface area (Å²) in [5, 5.41) is 3.07. The second-order valence-corrected chi connectivity index (χ2v) is 6.67. The minimum absolute atomic E-state index is 0.0443. The fraction of sp³-hybridized carbons (Fsp3) is 0.933. The number of nitrogens with one attached hydrogen (secondary N) is 1. The second kappa shape index (κ2) is 7.25. The Morgan fingerprint density at radius 3 is 2.32 bits per heavy atom. The van der Waals surface area contributed by atoms with Crippen LogP contribution in [0.2, 0.25) is 0 Å². The van der Waals surface area contributed by atoms with Crippen LogP contribution in [0.3, 0.4) is 0 Å². The maximum atomic E-state index is 12.3. The van der Waals surface area contributed by atoms with Gasteiger partial charge >= 0.3 is 0 Å². The van der Waals surface area contributed by atoms with Crippen LogP contribution in [0, 0.1) is 5.92 Å². The maximum absolute atomic E-state index is 12.3. The van der Waals surface area contributed by atoms with Crippen LogP contribution >= 0.6 is 0 Å². The van der Waals surface area contributed by atoms with Gasteiger partial charge in [0.2, 0.25) is 5.91 Å². The molecule has 1 atom stereocenters. The van der Waals surface area contributed by atoms with Crippen molar-refractivity contribution in [2.75, 3.05) is 20.6 Å². The van der Waals surface area contributed by atoms with Gasteiger partial charge in [-0.25, -0.2) is 0 Å². The van der Waals surface area contributed by atoms with E-state index in [9.17, 15) is 4.79 Å². The van der Waals surface area contributed by atoms with Gasteiger partial charge in [0, 0.05) is 12.6 Å². The predicted molar refractivity (Wildman–Crippen MR) is 79.9 cm³/mol. The smallest absolute Gasteiger partial charge is 0.240 e. The summed E-state index contributed by atoms with van der Waals surface area (Å²) in [6.45, 7) is 5.12. The lowest BCUT2D eigenvalue weighted by Crippen LogP contribution is -2.56. The third-order valence-corrected chi connectivity index (χ3v) is 4.17. The van der Waals surface area contributed by atoms with E-state index in [4.69, 9.17) is 5.73 Å². The summed E-state index contributed by atoms with van der Waals surface area (Å²) in [4.78, 5) is 14.5. The normalized spacial score (nSPS) is 20.6. The van der Waals surface area contributed by atoms with E-state index in [1.165, 1.54) is 6.42 Å². The highest BCUT2D eigenvalue weighted by molar-refractivity contribution is 5.86. The minimum Gasteiger partial charge on any atom is -0.353 e. The zero-order valence-electron chi connectivity index (χ0n) is 13.0. The number of nitrogens with zero attached hydrogens (tertiary/aromatic N) is 1. The van der Waals surface area contributed by atoms with Crippen LogP contribution in [0.5, 0.6) is 0 Å². The Labute approximate surface area is 118 Å². The molecule has 1 amide bonds. The van der Waals surface area contributed by atoms with Crippen LogP contribution in [0.15, 0.2) is 0 Å². The van der Waals surface area contributed by atoms with Crippen molar-refractivity contribution < 1.29 is 4.79 Å². The van der Waals surface area contributed by atoms with Gasteiger partial charge in [0.25, 0.3) is 0 Å². The highest BCUT2D eigenvalue weighted by Crippen LogP contribution is 2.26. The first-order valence-corrected chi connectivity index (χ1v) is 7.59. The highest BCUT2D eigenvalue weighted by atomic mass is 16.2. The molecule has 1 unspecified atom stereocenters. The van der Waals surface area contributed by atoms with Gasteiger partial charge in [-0.1, -0.05) is 33.1 Å². The molecule has 19 heavy (non-hydrogen) atoms. The monoisotopic (exact) mass is 269 g/mol. The summed E-state index contributed by atoms with van der Waals surface area (Å²) in [6.07, 6.45) is 6.11. The van der Waals surface area contributed by atoms with E-state index in [0.29, 0.717) is 18.5 Å². The van der Waals surface area contributed by atoms with Crippen molar-refractivity contribution in [3.63, 3.8) is 0 Å². The van der Waals surface area contributed by atoms with Crippen LogP contribution in [-0.2, 0) is 4.79 Å². The molecule has 0 aromatic heterocycles. The summed E-state index contributed by atoms with van der Waals surface area (Å²) in [5.41, 5.74) is 5.62. The SMILES string of the molecule is CC(C)CC(CNC(=O)C1(N)CCCCC1)N(C)C. The highest BCUT2D eigenvalue weighted by Gasteiger charge is 2.35. The van der Waals surface area contributed by atoms with Gasteiger partial charge in [-0.05, 0) is 39.3 Å². The predicted octanol–water partition coefficient (Wildman–Crippen LogP) is 1.74. The van der Waals surface area contributed by atoms with Crippen molar-refractivity contribution in [2.24, 2.45) is 11.7 Å². The molecule has 0 saturated heterocycles. The number of nitrogens with two attached hydrogens (primary N) is 1. The molecular weight excluding hydrogens is 238 g/mol. The van der Waals surface area contributed by atoms with E-state index in [0.717, 1.165) is 32.1 Å². The molecule has 4 heteroatoms. The molecule has 1 saturated carbocycles. The van der Waals surface area contributed by atoms with E-state index in [2.05, 4.69) is 38.2 Å². The Morgan fingerprint density at radius 1 is 1.26 bits per heavy atom. The van der Waals surface area contributed by atoms with Crippen molar-refractivity contribution >= 4 is 5.91 Å².